The molecule has 0 aromatic carbocycles. The van der Waals surface area contributed by atoms with E-state index in [1.807, 2.05) is 0 Å². The van der Waals surface area contributed by atoms with Gasteiger partial charge in [0.1, 0.15) is 0 Å². The average molecular weight is 170 g/mol. The zero-order chi connectivity index (χ0) is 9.19. The summed E-state index contributed by atoms with van der Waals surface area (Å²) in [6, 6.07) is 0. The summed E-state index contributed by atoms with van der Waals surface area (Å²) < 4.78 is 4.54. The van der Waals surface area contributed by atoms with Gasteiger partial charge < -0.3 is 14.9 Å². The zero-order valence-electron chi connectivity index (χ0n) is 5.93. The average Bonchev–Trinajstić information content (AvgIpc) is 2.05. The Morgan fingerprint density at radius 3 is 1.75 bits per heavy atom. The summed E-state index contributed by atoms with van der Waals surface area (Å²) in [6.07, 6.45) is 4.00. The van der Waals surface area contributed by atoms with Crippen molar-refractivity contribution in [2.45, 2.75) is 0 Å². The summed E-state index contributed by atoms with van der Waals surface area (Å²) in [7, 11) is 0. The van der Waals surface area contributed by atoms with Crippen molar-refractivity contribution in [2.24, 2.45) is 5.41 Å². The molecule has 1 rings (SSSR count). The van der Waals surface area contributed by atoms with Crippen LogP contribution in [0.25, 0.3) is 0 Å². The van der Waals surface area contributed by atoms with Crippen molar-refractivity contribution in [3.8, 4) is 0 Å². The van der Waals surface area contributed by atoms with E-state index in [0.29, 0.717) is 0 Å². The fourth-order valence-corrected chi connectivity index (χ4v) is 0.771. The third-order valence-electron chi connectivity index (χ3n) is 1.53. The van der Waals surface area contributed by atoms with Gasteiger partial charge >= 0.3 is 11.9 Å². The van der Waals surface area contributed by atoms with E-state index in [4.69, 9.17) is 10.2 Å². The Kier molecular flexibility index (Phi) is 1.86. The molecular weight excluding hydrogens is 164 g/mol. The van der Waals surface area contributed by atoms with Gasteiger partial charge in [-0.05, 0) is 12.2 Å². The third kappa shape index (κ3) is 1.05. The summed E-state index contributed by atoms with van der Waals surface area (Å²) >= 11 is 0. The van der Waals surface area contributed by atoms with E-state index >= 15 is 0 Å². The van der Waals surface area contributed by atoms with Gasteiger partial charge in [0.25, 0.3) is 0 Å². The zero-order valence-corrected chi connectivity index (χ0v) is 5.93. The molecule has 64 valence electrons. The van der Waals surface area contributed by atoms with Crippen LogP contribution in [-0.4, -0.2) is 22.2 Å². The monoisotopic (exact) mass is 170 g/mol. The Balaban J connectivity index is 3.10. The van der Waals surface area contributed by atoms with Gasteiger partial charge in [-0.15, -0.1) is 0 Å². The molecule has 5 nitrogen and oxygen atoms in total. The van der Waals surface area contributed by atoms with Gasteiger partial charge in [-0.1, -0.05) is 0 Å². The van der Waals surface area contributed by atoms with Crippen LogP contribution in [0, 0.1) is 5.41 Å². The molecule has 0 aromatic rings. The molecule has 2 N–H and O–H groups in total. The standard InChI is InChI=1S/C7H6O5/c8-5(9)7(6(10)11)1-3-12-4-2-7/h1-4H,(H,8,9)(H,10,11). The molecule has 1 heterocycles. The summed E-state index contributed by atoms with van der Waals surface area (Å²) in [5.74, 6) is -2.88. The highest BCUT2D eigenvalue weighted by Crippen LogP contribution is 2.25. The first-order chi connectivity index (χ1) is 5.59. The molecule has 0 aliphatic carbocycles. The number of carboxylic acid groups (broad SMARTS) is 2. The first kappa shape index (κ1) is 8.32. The second-order valence-electron chi connectivity index (χ2n) is 2.22. The molecule has 0 radical (unpaired) electrons. The molecule has 0 saturated heterocycles. The molecular formula is C7H6O5. The van der Waals surface area contributed by atoms with Gasteiger partial charge in [0.15, 0.2) is 0 Å². The lowest BCUT2D eigenvalue weighted by atomic mass is 9.88. The lowest BCUT2D eigenvalue weighted by molar-refractivity contribution is -0.157. The van der Waals surface area contributed by atoms with Crippen LogP contribution in [0.5, 0.6) is 0 Å². The number of rotatable bonds is 2. The lowest BCUT2D eigenvalue weighted by Crippen LogP contribution is -2.36. The van der Waals surface area contributed by atoms with Gasteiger partial charge in [0.2, 0.25) is 5.41 Å². The highest BCUT2D eigenvalue weighted by Gasteiger charge is 2.43. The topological polar surface area (TPSA) is 83.8 Å². The van der Waals surface area contributed by atoms with Crippen molar-refractivity contribution in [3.05, 3.63) is 24.7 Å². The van der Waals surface area contributed by atoms with E-state index in [0.717, 1.165) is 24.7 Å². The predicted octanol–water partition coefficient (Wildman–Crippen LogP) is 0.200. The Morgan fingerprint density at radius 1 is 1.08 bits per heavy atom. The smallest absolute Gasteiger partial charge is 0.329 e. The van der Waals surface area contributed by atoms with E-state index in [1.165, 1.54) is 0 Å². The van der Waals surface area contributed by atoms with Crippen LogP contribution in [0.3, 0.4) is 0 Å². The van der Waals surface area contributed by atoms with Gasteiger partial charge in [0, 0.05) is 0 Å². The van der Waals surface area contributed by atoms with Crippen molar-refractivity contribution in [3.63, 3.8) is 0 Å². The van der Waals surface area contributed by atoms with Crippen molar-refractivity contribution in [2.75, 3.05) is 0 Å². The largest absolute Gasteiger partial charge is 0.480 e. The highest BCUT2D eigenvalue weighted by atomic mass is 16.5. The second-order valence-corrected chi connectivity index (χ2v) is 2.22. The first-order valence-electron chi connectivity index (χ1n) is 3.07. The molecule has 1 aliphatic heterocycles. The fourth-order valence-electron chi connectivity index (χ4n) is 0.771. The van der Waals surface area contributed by atoms with Gasteiger partial charge in [-0.3, -0.25) is 9.59 Å². The maximum absolute atomic E-state index is 10.6. The van der Waals surface area contributed by atoms with Gasteiger partial charge in [0.05, 0.1) is 12.5 Å². The summed E-state index contributed by atoms with van der Waals surface area (Å²) in [4.78, 5) is 21.2. The molecule has 0 amide bonds. The maximum Gasteiger partial charge on any atom is 0.329 e. The van der Waals surface area contributed by atoms with E-state index in [1.54, 1.807) is 0 Å². The fraction of sp³-hybridized carbons (Fsp3) is 0.143. The molecule has 0 spiro atoms. The molecule has 0 fully saturated rings. The normalized spacial score (nSPS) is 18.3. The van der Waals surface area contributed by atoms with Crippen molar-refractivity contribution >= 4 is 11.9 Å². The van der Waals surface area contributed by atoms with Crippen molar-refractivity contribution in [1.82, 2.24) is 0 Å². The Hall–Kier alpha value is -1.78. The molecule has 5 heteroatoms. The van der Waals surface area contributed by atoms with E-state index in [-0.39, 0.29) is 0 Å². The molecule has 0 atom stereocenters. The SMILES string of the molecule is O=C(O)C1(C(=O)O)C=COC=C1. The van der Waals surface area contributed by atoms with Crippen molar-refractivity contribution < 1.29 is 24.5 Å². The van der Waals surface area contributed by atoms with Crippen LogP contribution in [0.15, 0.2) is 24.7 Å². The summed E-state index contributed by atoms with van der Waals surface area (Å²) in [5.41, 5.74) is -1.97. The highest BCUT2D eigenvalue weighted by molar-refractivity contribution is 6.02. The molecule has 1 aliphatic rings. The van der Waals surface area contributed by atoms with Crippen LogP contribution in [0.2, 0.25) is 0 Å². The summed E-state index contributed by atoms with van der Waals surface area (Å²) in [5, 5.41) is 17.2. The molecule has 0 unspecified atom stereocenters. The number of ether oxygens (including phenoxy) is 1. The van der Waals surface area contributed by atoms with Crippen LogP contribution in [0.1, 0.15) is 0 Å². The van der Waals surface area contributed by atoms with Crippen LogP contribution >= 0.6 is 0 Å². The molecule has 0 bridgehead atoms. The van der Waals surface area contributed by atoms with E-state index in [9.17, 15) is 9.59 Å². The number of hydrogen-bond donors (Lipinski definition) is 2. The molecule has 0 aromatic heterocycles. The van der Waals surface area contributed by atoms with Crippen LogP contribution in [0.4, 0.5) is 0 Å². The number of carbonyl (C=O) groups is 2. The van der Waals surface area contributed by atoms with Gasteiger partial charge in [-0.2, -0.15) is 0 Å². The van der Waals surface area contributed by atoms with Crippen LogP contribution in [-0.2, 0) is 14.3 Å². The first-order valence-corrected chi connectivity index (χ1v) is 3.07. The van der Waals surface area contributed by atoms with Gasteiger partial charge in [-0.25, -0.2) is 0 Å². The maximum atomic E-state index is 10.6. The number of aliphatic carboxylic acids is 2. The Morgan fingerprint density at radius 2 is 1.50 bits per heavy atom. The molecule has 0 saturated carbocycles. The minimum absolute atomic E-state index is 0.970. The quantitative estimate of drug-likeness (QED) is 0.578. The Bertz CT molecular complexity index is 248. The van der Waals surface area contributed by atoms with E-state index < -0.39 is 17.4 Å². The number of hydrogen-bond acceptors (Lipinski definition) is 3. The summed E-state index contributed by atoms with van der Waals surface area (Å²) in [6.45, 7) is 0. The second kappa shape index (κ2) is 2.69. The van der Waals surface area contributed by atoms with Crippen LogP contribution < -0.4 is 0 Å². The molecule has 12 heavy (non-hydrogen) atoms. The Labute approximate surface area is 67.6 Å². The minimum atomic E-state index is -1.97. The number of carboxylic acids is 2. The van der Waals surface area contributed by atoms with E-state index in [2.05, 4.69) is 4.74 Å². The third-order valence-corrected chi connectivity index (χ3v) is 1.53. The predicted molar refractivity (Wildman–Crippen MR) is 37.1 cm³/mol. The minimum Gasteiger partial charge on any atom is -0.480 e. The lowest BCUT2D eigenvalue weighted by Gasteiger charge is -2.18. The van der Waals surface area contributed by atoms with Crippen molar-refractivity contribution in [1.29, 1.82) is 0 Å².